The zero-order valence-electron chi connectivity index (χ0n) is 19.1. The number of carboxylic acid groups (broad SMARTS) is 1. The molecule has 0 fully saturated rings. The fourth-order valence-electron chi connectivity index (χ4n) is 3.54. The molecule has 2 N–H and O–H groups in total. The SMILES string of the molecule is CSCC[C@H](NC(=O)c1ccc(COCc2ccc(C)o2)cc1-c1ccccc1C)C(=O)O.[LiH]. The van der Waals surface area contributed by atoms with Gasteiger partial charge >= 0.3 is 24.8 Å². The van der Waals surface area contributed by atoms with Gasteiger partial charge in [0.05, 0.1) is 6.61 Å². The van der Waals surface area contributed by atoms with Crippen LogP contribution in [0.4, 0.5) is 0 Å². The second-order valence-electron chi connectivity index (χ2n) is 7.85. The van der Waals surface area contributed by atoms with Gasteiger partial charge in [0.1, 0.15) is 24.2 Å². The number of hydrogen-bond donors (Lipinski definition) is 2. The Bertz CT molecular complexity index is 1110. The maximum atomic E-state index is 13.1. The summed E-state index contributed by atoms with van der Waals surface area (Å²) in [6.07, 6.45) is 2.27. The number of hydrogen-bond acceptors (Lipinski definition) is 5. The van der Waals surface area contributed by atoms with Crippen LogP contribution >= 0.6 is 11.8 Å². The first-order chi connectivity index (χ1) is 15.9. The third-order valence-corrected chi connectivity index (χ3v) is 5.93. The normalized spacial score (nSPS) is 11.5. The summed E-state index contributed by atoms with van der Waals surface area (Å²) in [4.78, 5) is 24.7. The third kappa shape index (κ3) is 7.54. The molecule has 1 heterocycles. The average molecular weight is 476 g/mol. The van der Waals surface area contributed by atoms with Gasteiger partial charge in [-0.15, -0.1) is 0 Å². The standard InChI is InChI=1S/C26H29NO5S.Li.H/c1-17-6-4-5-7-21(17)23-14-19(15-31-16-20-10-8-18(2)32-20)9-11-22(23)25(28)27-24(26(29)30)12-13-33-3;;/h4-11,14,24H,12-13,15-16H2,1-3H3,(H,27,28)(H,29,30);;/t24-;;/m0../s1. The second kappa shape index (κ2) is 13.5. The van der Waals surface area contributed by atoms with E-state index >= 15 is 0 Å². The van der Waals surface area contributed by atoms with Crippen molar-refractivity contribution in [2.45, 2.75) is 39.5 Å². The van der Waals surface area contributed by atoms with E-state index in [4.69, 9.17) is 9.15 Å². The Morgan fingerprint density at radius 2 is 1.82 bits per heavy atom. The molecule has 0 spiro atoms. The van der Waals surface area contributed by atoms with Gasteiger partial charge in [-0.1, -0.05) is 30.3 Å². The van der Waals surface area contributed by atoms with E-state index in [1.807, 2.05) is 68.6 Å². The van der Waals surface area contributed by atoms with Gasteiger partial charge in [-0.3, -0.25) is 4.79 Å². The van der Waals surface area contributed by atoms with Crippen molar-refractivity contribution >= 4 is 42.5 Å². The van der Waals surface area contributed by atoms with E-state index in [1.165, 1.54) is 0 Å². The van der Waals surface area contributed by atoms with E-state index in [1.54, 1.807) is 17.8 Å². The van der Waals surface area contributed by atoms with Gasteiger partial charge in [-0.2, -0.15) is 11.8 Å². The predicted octanol–water partition coefficient (Wildman–Crippen LogP) is 4.57. The number of nitrogens with one attached hydrogen (secondary N) is 1. The molecule has 6 nitrogen and oxygen atoms in total. The number of aliphatic carboxylic acids is 1. The number of benzene rings is 2. The van der Waals surface area contributed by atoms with Crippen molar-refractivity contribution in [1.82, 2.24) is 5.32 Å². The molecule has 0 saturated heterocycles. The summed E-state index contributed by atoms with van der Waals surface area (Å²) in [5.41, 5.74) is 4.03. The van der Waals surface area contributed by atoms with Gasteiger partial charge in [0.25, 0.3) is 5.91 Å². The molecule has 0 aliphatic heterocycles. The molecule has 0 radical (unpaired) electrons. The topological polar surface area (TPSA) is 88.8 Å². The Labute approximate surface area is 216 Å². The fourth-order valence-corrected chi connectivity index (χ4v) is 4.01. The van der Waals surface area contributed by atoms with Crippen LogP contribution < -0.4 is 5.32 Å². The molecule has 1 amide bonds. The monoisotopic (exact) mass is 475 g/mol. The maximum absolute atomic E-state index is 13.1. The minimum absolute atomic E-state index is 0. The van der Waals surface area contributed by atoms with Crippen LogP contribution in [0.2, 0.25) is 0 Å². The van der Waals surface area contributed by atoms with Crippen molar-refractivity contribution in [3.8, 4) is 11.1 Å². The zero-order chi connectivity index (χ0) is 23.8. The first-order valence-electron chi connectivity index (χ1n) is 10.7. The van der Waals surface area contributed by atoms with Crippen LogP contribution in [0, 0.1) is 13.8 Å². The van der Waals surface area contributed by atoms with Crippen LogP contribution in [0.3, 0.4) is 0 Å². The Morgan fingerprint density at radius 1 is 1.06 bits per heavy atom. The van der Waals surface area contributed by atoms with Crippen molar-refractivity contribution in [3.63, 3.8) is 0 Å². The van der Waals surface area contributed by atoms with E-state index in [0.717, 1.165) is 33.8 Å². The second-order valence-corrected chi connectivity index (χ2v) is 8.83. The number of carboxylic acids is 1. The van der Waals surface area contributed by atoms with Crippen molar-refractivity contribution in [3.05, 3.63) is 82.8 Å². The van der Waals surface area contributed by atoms with Gasteiger partial charge < -0.3 is 19.6 Å². The Kier molecular flexibility index (Phi) is 11.0. The van der Waals surface area contributed by atoms with E-state index in [2.05, 4.69) is 5.32 Å². The number of rotatable bonds is 11. The summed E-state index contributed by atoms with van der Waals surface area (Å²) in [5, 5.41) is 12.2. The molecule has 0 aliphatic rings. The Balaban J connectivity index is 0.00000408. The molecule has 8 heteroatoms. The summed E-state index contributed by atoms with van der Waals surface area (Å²) < 4.78 is 11.3. The molecule has 176 valence electrons. The summed E-state index contributed by atoms with van der Waals surface area (Å²) in [5.74, 6) is 0.803. The Hall–Kier alpha value is -2.43. The molecule has 1 atom stereocenters. The molecular weight excluding hydrogens is 445 g/mol. The zero-order valence-corrected chi connectivity index (χ0v) is 19.9. The van der Waals surface area contributed by atoms with E-state index in [9.17, 15) is 14.7 Å². The van der Waals surface area contributed by atoms with Crippen LogP contribution in [0.1, 0.15) is 39.4 Å². The van der Waals surface area contributed by atoms with Gasteiger partial charge in [-0.25, -0.2) is 4.79 Å². The van der Waals surface area contributed by atoms with E-state index in [-0.39, 0.29) is 18.9 Å². The number of furan rings is 1. The average Bonchev–Trinajstić information content (AvgIpc) is 3.21. The predicted molar refractivity (Wildman–Crippen MR) is 138 cm³/mol. The van der Waals surface area contributed by atoms with E-state index in [0.29, 0.717) is 31.0 Å². The number of carbonyl (C=O) groups is 2. The van der Waals surface area contributed by atoms with Crippen molar-refractivity contribution in [2.24, 2.45) is 0 Å². The number of aryl methyl sites for hydroxylation is 2. The van der Waals surface area contributed by atoms with Crippen LogP contribution in [0.25, 0.3) is 11.1 Å². The molecule has 0 saturated carbocycles. The molecule has 3 aromatic rings. The van der Waals surface area contributed by atoms with E-state index < -0.39 is 17.9 Å². The number of amides is 1. The first kappa shape index (κ1) is 27.8. The minimum atomic E-state index is -1.03. The molecule has 2 aromatic carbocycles. The van der Waals surface area contributed by atoms with Crippen molar-refractivity contribution in [2.75, 3.05) is 12.0 Å². The van der Waals surface area contributed by atoms with Crippen LogP contribution in [0.15, 0.2) is 59.0 Å². The molecule has 0 aliphatic carbocycles. The van der Waals surface area contributed by atoms with Gasteiger partial charge in [-0.05, 0) is 78.8 Å². The quantitative estimate of drug-likeness (QED) is 0.395. The first-order valence-corrected chi connectivity index (χ1v) is 12.1. The molecule has 3 rings (SSSR count). The molecular formula is C26H30LiNO5S. The van der Waals surface area contributed by atoms with Gasteiger partial charge in [0.15, 0.2) is 0 Å². The van der Waals surface area contributed by atoms with Gasteiger partial charge in [0.2, 0.25) is 0 Å². The number of thioether (sulfide) groups is 1. The van der Waals surface area contributed by atoms with Crippen LogP contribution in [0.5, 0.6) is 0 Å². The summed E-state index contributed by atoms with van der Waals surface area (Å²) in [6.45, 7) is 4.58. The summed E-state index contributed by atoms with van der Waals surface area (Å²) in [6, 6.07) is 16.2. The number of ether oxygens (including phenoxy) is 1. The fraction of sp³-hybridized carbons (Fsp3) is 0.308. The van der Waals surface area contributed by atoms with Crippen LogP contribution in [-0.2, 0) is 22.7 Å². The molecule has 1 aromatic heterocycles. The third-order valence-electron chi connectivity index (χ3n) is 5.29. The molecule has 0 unspecified atom stereocenters. The van der Waals surface area contributed by atoms with Crippen molar-refractivity contribution < 1.29 is 23.8 Å². The van der Waals surface area contributed by atoms with Gasteiger partial charge in [0, 0.05) is 5.56 Å². The summed E-state index contributed by atoms with van der Waals surface area (Å²) >= 11 is 1.55. The molecule has 0 bridgehead atoms. The molecule has 34 heavy (non-hydrogen) atoms. The van der Waals surface area contributed by atoms with Crippen LogP contribution in [-0.4, -0.2) is 53.9 Å². The van der Waals surface area contributed by atoms with Crippen molar-refractivity contribution in [1.29, 1.82) is 0 Å². The summed E-state index contributed by atoms with van der Waals surface area (Å²) in [7, 11) is 0. The Morgan fingerprint density at radius 3 is 2.47 bits per heavy atom. The number of carbonyl (C=O) groups excluding carboxylic acids is 1.